The topological polar surface area (TPSA) is 69.7 Å². The van der Waals surface area contributed by atoms with Crippen LogP contribution >= 0.6 is 0 Å². The largest absolute Gasteiger partial charge is 0.456 e. The molecule has 0 aromatic carbocycles. The maximum Gasteiger partial charge on any atom is 0.356 e. The van der Waals surface area contributed by atoms with Crippen LogP contribution in [0.5, 0.6) is 0 Å². The van der Waals surface area contributed by atoms with Gasteiger partial charge in [-0.25, -0.2) is 4.79 Å². The number of carbonyl (C=O) groups excluding carboxylic acids is 1. The van der Waals surface area contributed by atoms with E-state index in [1.807, 2.05) is 0 Å². The van der Waals surface area contributed by atoms with Gasteiger partial charge in [-0.15, -0.1) is 0 Å². The first-order valence-corrected chi connectivity index (χ1v) is 10.5. The Labute approximate surface area is 122 Å². The zero-order chi connectivity index (χ0) is 14.2. The molecule has 3 aliphatic rings. The normalized spacial score (nSPS) is 36.7. The summed E-state index contributed by atoms with van der Waals surface area (Å²) in [5, 5.41) is -0.386. The monoisotopic (exact) mass is 321 g/mol. The van der Waals surface area contributed by atoms with Gasteiger partial charge in [0.1, 0.15) is 23.7 Å². The molecule has 5 nitrogen and oxygen atoms in total. The van der Waals surface area contributed by atoms with Crippen molar-refractivity contribution >= 4 is 27.0 Å². The maximum atomic E-state index is 12.0. The fourth-order valence-corrected chi connectivity index (χ4v) is 6.89. The lowest BCUT2D eigenvalue weighted by Gasteiger charge is -2.25. The molecule has 114 valence electrons. The number of fused-ring (bicyclic) bond motifs is 2. The molecule has 0 radical (unpaired) electrons. The molecule has 0 amide bonds. The van der Waals surface area contributed by atoms with Gasteiger partial charge in [-0.05, 0) is 49.4 Å². The quantitative estimate of drug-likeness (QED) is 0.440. The lowest BCUT2D eigenvalue weighted by Crippen LogP contribution is -2.37. The summed E-state index contributed by atoms with van der Waals surface area (Å²) in [4.78, 5) is 12.0. The molecule has 2 saturated heterocycles. The first-order chi connectivity index (χ1) is 9.54. The van der Waals surface area contributed by atoms with Crippen LogP contribution in [0.4, 0.5) is 0 Å². The summed E-state index contributed by atoms with van der Waals surface area (Å²) < 4.78 is 33.8. The Morgan fingerprint density at radius 2 is 1.95 bits per heavy atom. The van der Waals surface area contributed by atoms with E-state index in [1.165, 1.54) is 19.3 Å². The Morgan fingerprint density at radius 1 is 1.20 bits per heavy atom. The summed E-state index contributed by atoms with van der Waals surface area (Å²) in [6.45, 7) is 0. The minimum absolute atomic E-state index is 0.169. The number of hydrogen-bond donors (Lipinski definition) is 0. The molecule has 0 aromatic heterocycles. The zero-order valence-electron chi connectivity index (χ0n) is 11.5. The Morgan fingerprint density at radius 3 is 2.70 bits per heavy atom. The summed E-state index contributed by atoms with van der Waals surface area (Å²) in [6, 6.07) is 0. The molecular formula is C13H21O5S2+. The second kappa shape index (κ2) is 5.85. The van der Waals surface area contributed by atoms with E-state index in [4.69, 9.17) is 8.92 Å². The minimum Gasteiger partial charge on any atom is -0.456 e. The minimum atomic E-state index is -3.41. The third-order valence-electron chi connectivity index (χ3n) is 4.32. The van der Waals surface area contributed by atoms with Crippen LogP contribution in [0, 0.1) is 0 Å². The summed E-state index contributed by atoms with van der Waals surface area (Å²) in [5.74, 6) is 2.60. The van der Waals surface area contributed by atoms with E-state index in [2.05, 4.69) is 0 Å². The number of rotatable bonds is 3. The van der Waals surface area contributed by atoms with Crippen molar-refractivity contribution in [1.29, 1.82) is 0 Å². The number of hydrogen-bond acceptors (Lipinski definition) is 5. The lowest BCUT2D eigenvalue weighted by atomic mass is 9.94. The highest BCUT2D eigenvalue weighted by molar-refractivity contribution is 7.97. The van der Waals surface area contributed by atoms with Gasteiger partial charge in [0.15, 0.2) is 0 Å². The van der Waals surface area contributed by atoms with Crippen molar-refractivity contribution in [3.63, 3.8) is 0 Å². The van der Waals surface area contributed by atoms with Gasteiger partial charge in [0.25, 0.3) is 10.1 Å². The van der Waals surface area contributed by atoms with Crippen molar-refractivity contribution < 1.29 is 22.1 Å². The fraction of sp³-hybridized carbons (Fsp3) is 0.923. The Kier molecular flexibility index (Phi) is 4.29. The highest BCUT2D eigenvalue weighted by atomic mass is 32.2. The molecule has 3 unspecified atom stereocenters. The van der Waals surface area contributed by atoms with Crippen LogP contribution in [0.25, 0.3) is 0 Å². The standard InChI is InChI=1S/C13H21O5S2/c14-13(9-19-6-2-1-3-7-19)17-11-5-4-10-8-12(11)18-20(10,15)16/h10-12H,1-9H2/q+1. The predicted molar refractivity (Wildman–Crippen MR) is 77.1 cm³/mol. The zero-order valence-corrected chi connectivity index (χ0v) is 13.1. The van der Waals surface area contributed by atoms with E-state index >= 15 is 0 Å². The van der Waals surface area contributed by atoms with Crippen molar-refractivity contribution in [2.24, 2.45) is 0 Å². The highest BCUT2D eigenvalue weighted by Gasteiger charge is 2.48. The third-order valence-corrected chi connectivity index (χ3v) is 8.46. The van der Waals surface area contributed by atoms with E-state index in [0.29, 0.717) is 25.0 Å². The second-order valence-corrected chi connectivity index (χ2v) is 9.99. The van der Waals surface area contributed by atoms with E-state index in [1.54, 1.807) is 0 Å². The number of carbonyl (C=O) groups is 1. The molecule has 2 aliphatic heterocycles. The van der Waals surface area contributed by atoms with Crippen molar-refractivity contribution in [1.82, 2.24) is 0 Å². The van der Waals surface area contributed by atoms with Crippen LogP contribution < -0.4 is 0 Å². The molecule has 1 aliphatic carbocycles. The maximum absolute atomic E-state index is 12.0. The van der Waals surface area contributed by atoms with Gasteiger partial charge in [-0.1, -0.05) is 0 Å². The molecule has 3 atom stereocenters. The Bertz CT molecular complexity index is 469. The molecule has 0 aromatic rings. The summed E-state index contributed by atoms with van der Waals surface area (Å²) in [5.41, 5.74) is 0. The van der Waals surface area contributed by atoms with Crippen molar-refractivity contribution in [2.75, 3.05) is 17.3 Å². The van der Waals surface area contributed by atoms with Gasteiger partial charge in [-0.3, -0.25) is 4.18 Å². The fourth-order valence-electron chi connectivity index (χ4n) is 3.22. The number of esters is 1. The first kappa shape index (κ1) is 14.7. The SMILES string of the molecule is O=C(C[S+]1CCCCC1)OC1CCC2CC1OS2(=O)=O. The molecular weight excluding hydrogens is 300 g/mol. The Balaban J connectivity index is 1.52. The first-order valence-electron chi connectivity index (χ1n) is 7.30. The Hall–Kier alpha value is -0.270. The second-order valence-electron chi connectivity index (χ2n) is 5.82. The van der Waals surface area contributed by atoms with Crippen LogP contribution in [0.2, 0.25) is 0 Å². The van der Waals surface area contributed by atoms with Crippen LogP contribution in [-0.4, -0.2) is 49.1 Å². The van der Waals surface area contributed by atoms with Crippen molar-refractivity contribution in [2.45, 2.75) is 56.0 Å². The van der Waals surface area contributed by atoms with Gasteiger partial charge in [0.05, 0.1) is 5.25 Å². The summed E-state index contributed by atoms with van der Waals surface area (Å²) in [6.07, 6.45) is 4.51. The van der Waals surface area contributed by atoms with Crippen LogP contribution in [-0.2, 0) is 34.7 Å². The number of ether oxygens (including phenoxy) is 1. The molecule has 0 N–H and O–H groups in total. The van der Waals surface area contributed by atoms with Gasteiger partial charge in [0.2, 0.25) is 5.75 Å². The molecule has 2 heterocycles. The van der Waals surface area contributed by atoms with Crippen molar-refractivity contribution in [3.05, 3.63) is 0 Å². The van der Waals surface area contributed by atoms with E-state index in [-0.39, 0.29) is 28.2 Å². The molecule has 3 rings (SSSR count). The smallest absolute Gasteiger partial charge is 0.356 e. The molecule has 0 spiro atoms. The highest BCUT2D eigenvalue weighted by Crippen LogP contribution is 2.37. The van der Waals surface area contributed by atoms with E-state index in [0.717, 1.165) is 11.5 Å². The van der Waals surface area contributed by atoms with Gasteiger partial charge in [0, 0.05) is 0 Å². The van der Waals surface area contributed by atoms with Gasteiger partial charge < -0.3 is 4.74 Å². The molecule has 20 heavy (non-hydrogen) atoms. The summed E-state index contributed by atoms with van der Waals surface area (Å²) in [7, 11) is -3.24. The molecule has 3 fully saturated rings. The average Bonchev–Trinajstić information content (AvgIpc) is 2.65. The van der Waals surface area contributed by atoms with Crippen LogP contribution in [0.3, 0.4) is 0 Å². The molecule has 7 heteroatoms. The van der Waals surface area contributed by atoms with Gasteiger partial charge >= 0.3 is 5.97 Å². The molecule has 1 saturated carbocycles. The molecule has 2 bridgehead atoms. The summed E-state index contributed by atoms with van der Waals surface area (Å²) >= 11 is 0. The van der Waals surface area contributed by atoms with Crippen LogP contribution in [0.1, 0.15) is 38.5 Å². The lowest BCUT2D eigenvalue weighted by molar-refractivity contribution is -0.151. The van der Waals surface area contributed by atoms with Gasteiger partial charge in [-0.2, -0.15) is 8.42 Å². The van der Waals surface area contributed by atoms with E-state index in [9.17, 15) is 13.2 Å². The van der Waals surface area contributed by atoms with Crippen LogP contribution in [0.15, 0.2) is 0 Å². The van der Waals surface area contributed by atoms with E-state index < -0.39 is 16.2 Å². The predicted octanol–water partition coefficient (Wildman–Crippen LogP) is 0.982. The third kappa shape index (κ3) is 3.14. The average molecular weight is 321 g/mol. The van der Waals surface area contributed by atoms with Crippen molar-refractivity contribution in [3.8, 4) is 0 Å².